The summed E-state index contributed by atoms with van der Waals surface area (Å²) < 4.78 is 0. The average molecular weight is 309 g/mol. The first-order valence-corrected chi connectivity index (χ1v) is 8.17. The molecule has 3 rings (SSSR count). The van der Waals surface area contributed by atoms with Crippen LogP contribution >= 0.6 is 0 Å². The van der Waals surface area contributed by atoms with E-state index in [-0.39, 0.29) is 11.8 Å². The van der Waals surface area contributed by atoms with Crippen LogP contribution in [0.4, 0.5) is 11.5 Å². The highest BCUT2D eigenvalue weighted by Crippen LogP contribution is 2.23. The van der Waals surface area contributed by atoms with Gasteiger partial charge in [0.25, 0.3) is 0 Å². The van der Waals surface area contributed by atoms with Crippen LogP contribution in [0.5, 0.6) is 0 Å². The molecule has 1 fully saturated rings. The summed E-state index contributed by atoms with van der Waals surface area (Å²) in [6.45, 7) is 5.79. The van der Waals surface area contributed by atoms with E-state index in [2.05, 4.69) is 21.3 Å². The van der Waals surface area contributed by atoms with Gasteiger partial charge in [-0.25, -0.2) is 4.98 Å². The van der Waals surface area contributed by atoms with E-state index in [0.29, 0.717) is 0 Å². The lowest BCUT2D eigenvalue weighted by Crippen LogP contribution is -2.41. The third-order valence-electron chi connectivity index (χ3n) is 4.25. The van der Waals surface area contributed by atoms with E-state index in [9.17, 15) is 4.79 Å². The van der Waals surface area contributed by atoms with Gasteiger partial charge in [0.2, 0.25) is 5.91 Å². The van der Waals surface area contributed by atoms with Crippen molar-refractivity contribution < 1.29 is 4.79 Å². The molecule has 23 heavy (non-hydrogen) atoms. The predicted octanol–water partition coefficient (Wildman–Crippen LogP) is 3.55. The Kier molecular flexibility index (Phi) is 4.60. The lowest BCUT2D eigenvalue weighted by Gasteiger charge is -2.32. The summed E-state index contributed by atoms with van der Waals surface area (Å²) >= 11 is 0. The molecule has 1 saturated heterocycles. The van der Waals surface area contributed by atoms with E-state index in [1.54, 1.807) is 6.20 Å². The summed E-state index contributed by atoms with van der Waals surface area (Å²) in [5, 5.41) is 3.08. The molecule has 1 aliphatic heterocycles. The molecule has 0 unspecified atom stereocenters. The Balaban J connectivity index is 1.67. The number of pyridine rings is 1. The molecular formula is C19H23N3O. The largest absolute Gasteiger partial charge is 0.356 e. The van der Waals surface area contributed by atoms with Crippen molar-refractivity contribution in [2.45, 2.75) is 26.7 Å². The molecule has 0 radical (unpaired) electrons. The second-order valence-corrected chi connectivity index (χ2v) is 6.34. The van der Waals surface area contributed by atoms with Crippen LogP contribution in [-0.2, 0) is 4.79 Å². The first-order chi connectivity index (χ1) is 11.1. The number of carbonyl (C=O) groups is 1. The van der Waals surface area contributed by atoms with Crippen LogP contribution in [0.25, 0.3) is 0 Å². The van der Waals surface area contributed by atoms with E-state index in [1.165, 1.54) is 11.1 Å². The molecule has 0 aliphatic carbocycles. The van der Waals surface area contributed by atoms with Crippen molar-refractivity contribution in [3.8, 4) is 0 Å². The van der Waals surface area contributed by atoms with Gasteiger partial charge in [-0.2, -0.15) is 0 Å². The van der Waals surface area contributed by atoms with Crippen LogP contribution < -0.4 is 10.2 Å². The predicted molar refractivity (Wildman–Crippen MR) is 93.7 cm³/mol. The highest BCUT2D eigenvalue weighted by Gasteiger charge is 2.26. The number of benzene rings is 1. The Hall–Kier alpha value is -2.36. The van der Waals surface area contributed by atoms with Gasteiger partial charge < -0.3 is 10.2 Å². The molecule has 1 aromatic heterocycles. The van der Waals surface area contributed by atoms with Crippen molar-refractivity contribution in [1.82, 2.24) is 4.98 Å². The number of nitrogens with zero attached hydrogens (tertiary/aromatic N) is 2. The third-order valence-corrected chi connectivity index (χ3v) is 4.25. The van der Waals surface area contributed by atoms with Crippen LogP contribution in [0, 0.1) is 19.8 Å². The van der Waals surface area contributed by atoms with E-state index >= 15 is 0 Å². The third kappa shape index (κ3) is 3.89. The molecule has 1 atom stereocenters. The van der Waals surface area contributed by atoms with Crippen molar-refractivity contribution in [3.05, 3.63) is 53.7 Å². The number of piperidine rings is 1. The number of aryl methyl sites for hydroxylation is 2. The zero-order chi connectivity index (χ0) is 16.2. The van der Waals surface area contributed by atoms with Gasteiger partial charge in [0.05, 0.1) is 5.92 Å². The van der Waals surface area contributed by atoms with Crippen molar-refractivity contribution in [2.24, 2.45) is 5.92 Å². The molecule has 1 aromatic carbocycles. The van der Waals surface area contributed by atoms with Crippen LogP contribution in [0.2, 0.25) is 0 Å². The fraction of sp³-hybridized carbons (Fsp3) is 0.368. The normalized spacial score (nSPS) is 17.8. The van der Waals surface area contributed by atoms with Crippen LogP contribution in [-0.4, -0.2) is 24.0 Å². The summed E-state index contributed by atoms with van der Waals surface area (Å²) in [5.41, 5.74) is 3.22. The van der Waals surface area contributed by atoms with Crippen LogP contribution in [0.3, 0.4) is 0 Å². The quantitative estimate of drug-likeness (QED) is 0.943. The van der Waals surface area contributed by atoms with Crippen molar-refractivity contribution >= 4 is 17.4 Å². The van der Waals surface area contributed by atoms with E-state index in [1.807, 2.05) is 44.2 Å². The molecule has 1 amide bonds. The van der Waals surface area contributed by atoms with Gasteiger partial charge >= 0.3 is 0 Å². The van der Waals surface area contributed by atoms with Gasteiger partial charge in [0, 0.05) is 25.0 Å². The maximum atomic E-state index is 12.6. The van der Waals surface area contributed by atoms with Crippen molar-refractivity contribution in [1.29, 1.82) is 0 Å². The number of carbonyl (C=O) groups excluding carboxylic acids is 1. The number of rotatable bonds is 3. The van der Waals surface area contributed by atoms with E-state index in [0.717, 1.165) is 37.4 Å². The highest BCUT2D eigenvalue weighted by atomic mass is 16.1. The number of anilines is 2. The minimum absolute atomic E-state index is 0.00609. The fourth-order valence-electron chi connectivity index (χ4n) is 3.23. The maximum Gasteiger partial charge on any atom is 0.229 e. The summed E-state index contributed by atoms with van der Waals surface area (Å²) in [7, 11) is 0. The Bertz CT molecular complexity index is 664. The zero-order valence-electron chi connectivity index (χ0n) is 13.7. The lowest BCUT2D eigenvalue weighted by atomic mass is 9.97. The lowest BCUT2D eigenvalue weighted by molar-refractivity contribution is -0.120. The second kappa shape index (κ2) is 6.82. The minimum Gasteiger partial charge on any atom is -0.356 e. The standard InChI is InChI=1S/C19H23N3O/c1-14-10-15(2)12-17(11-14)21-19(23)16-6-5-9-22(13-16)18-7-3-4-8-20-18/h3-4,7-8,10-12,16H,5-6,9,13H2,1-2H3,(H,21,23)/t16-/m1/s1. The van der Waals surface area contributed by atoms with Crippen LogP contribution in [0.15, 0.2) is 42.6 Å². The molecule has 0 saturated carbocycles. The Morgan fingerprint density at radius 2 is 2.00 bits per heavy atom. The molecule has 4 nitrogen and oxygen atoms in total. The molecule has 0 spiro atoms. The molecule has 0 bridgehead atoms. The molecule has 120 valence electrons. The first kappa shape index (κ1) is 15.5. The van der Waals surface area contributed by atoms with Crippen LogP contribution in [0.1, 0.15) is 24.0 Å². The molecule has 4 heteroatoms. The minimum atomic E-state index is 0.00609. The SMILES string of the molecule is Cc1cc(C)cc(NC(=O)[C@@H]2CCCN(c3ccccn3)C2)c1. The van der Waals surface area contributed by atoms with Gasteiger partial charge in [-0.3, -0.25) is 4.79 Å². The molecule has 1 aliphatic rings. The van der Waals surface area contributed by atoms with E-state index < -0.39 is 0 Å². The van der Waals surface area contributed by atoms with Gasteiger partial charge in [0.15, 0.2) is 0 Å². The van der Waals surface area contributed by atoms with Gasteiger partial charge in [-0.1, -0.05) is 12.1 Å². The number of hydrogen-bond donors (Lipinski definition) is 1. The number of nitrogens with one attached hydrogen (secondary N) is 1. The second-order valence-electron chi connectivity index (χ2n) is 6.34. The summed E-state index contributed by atoms with van der Waals surface area (Å²) in [4.78, 5) is 19.2. The topological polar surface area (TPSA) is 45.2 Å². The monoisotopic (exact) mass is 309 g/mol. The maximum absolute atomic E-state index is 12.6. The Labute approximate surface area is 137 Å². The smallest absolute Gasteiger partial charge is 0.229 e. The van der Waals surface area contributed by atoms with E-state index in [4.69, 9.17) is 0 Å². The molecule has 2 aromatic rings. The number of hydrogen-bond acceptors (Lipinski definition) is 3. The highest BCUT2D eigenvalue weighted by molar-refractivity contribution is 5.93. The number of amides is 1. The summed E-state index contributed by atoms with van der Waals surface area (Å²) in [5.74, 6) is 1.07. The molecule has 1 N–H and O–H groups in total. The van der Waals surface area contributed by atoms with Gasteiger partial charge in [-0.15, -0.1) is 0 Å². The molecule has 2 heterocycles. The summed E-state index contributed by atoms with van der Waals surface area (Å²) in [6, 6.07) is 12.1. The summed E-state index contributed by atoms with van der Waals surface area (Å²) in [6.07, 6.45) is 3.75. The average Bonchev–Trinajstić information content (AvgIpc) is 2.55. The fourth-order valence-corrected chi connectivity index (χ4v) is 3.23. The van der Waals surface area contributed by atoms with Crippen molar-refractivity contribution in [2.75, 3.05) is 23.3 Å². The number of aromatic nitrogens is 1. The van der Waals surface area contributed by atoms with Gasteiger partial charge in [-0.05, 0) is 62.1 Å². The van der Waals surface area contributed by atoms with Crippen molar-refractivity contribution in [3.63, 3.8) is 0 Å². The Morgan fingerprint density at radius 3 is 2.70 bits per heavy atom. The molecular weight excluding hydrogens is 286 g/mol. The first-order valence-electron chi connectivity index (χ1n) is 8.17. The Morgan fingerprint density at radius 1 is 1.22 bits per heavy atom. The van der Waals surface area contributed by atoms with Gasteiger partial charge in [0.1, 0.15) is 5.82 Å². The zero-order valence-corrected chi connectivity index (χ0v) is 13.7.